The molecule has 3 aromatic carbocycles. The Morgan fingerprint density at radius 3 is 2.63 bits per heavy atom. The van der Waals surface area contributed by atoms with Gasteiger partial charge in [0.2, 0.25) is 5.91 Å². The standard InChI is InChI=1S/C25H28N2O3/c1-4-30-24-15-13-20(22-9-5-6-10-23(22)24)17-26-27-25(28)11-7-8-19-12-14-21(29-3)16-18(19)2/h5-6,9-10,12-17H,4,7-8,11H2,1-3H3,(H,27,28)/b26-17-. The second kappa shape index (κ2) is 10.4. The Kier molecular flexibility index (Phi) is 7.44. The van der Waals surface area contributed by atoms with Gasteiger partial charge in [-0.25, -0.2) is 5.43 Å². The van der Waals surface area contributed by atoms with E-state index in [1.165, 1.54) is 11.1 Å². The Bertz CT molecular complexity index is 1040. The molecule has 0 atom stereocenters. The molecule has 0 aliphatic heterocycles. The molecule has 0 fully saturated rings. The van der Waals surface area contributed by atoms with Gasteiger partial charge >= 0.3 is 0 Å². The largest absolute Gasteiger partial charge is 0.497 e. The van der Waals surface area contributed by atoms with E-state index in [9.17, 15) is 4.79 Å². The van der Waals surface area contributed by atoms with Crippen molar-refractivity contribution in [2.45, 2.75) is 33.1 Å². The number of aryl methyl sites for hydroxylation is 2. The number of ether oxygens (including phenoxy) is 2. The van der Waals surface area contributed by atoms with Crippen molar-refractivity contribution in [2.24, 2.45) is 5.10 Å². The van der Waals surface area contributed by atoms with Crippen LogP contribution in [0, 0.1) is 6.92 Å². The highest BCUT2D eigenvalue weighted by molar-refractivity contribution is 6.02. The van der Waals surface area contributed by atoms with Gasteiger partial charge in [-0.15, -0.1) is 0 Å². The second-order valence-corrected chi connectivity index (χ2v) is 7.07. The lowest BCUT2D eigenvalue weighted by atomic mass is 10.0. The van der Waals surface area contributed by atoms with Crippen LogP contribution >= 0.6 is 0 Å². The van der Waals surface area contributed by atoms with E-state index in [0.717, 1.165) is 40.7 Å². The molecule has 0 unspecified atom stereocenters. The van der Waals surface area contributed by atoms with Gasteiger partial charge in [0.05, 0.1) is 19.9 Å². The smallest absolute Gasteiger partial charge is 0.240 e. The SMILES string of the molecule is CCOc1ccc(/C=N\NC(=O)CCCc2ccc(OC)cc2C)c2ccccc12. The molecule has 0 spiro atoms. The van der Waals surface area contributed by atoms with Crippen molar-refractivity contribution in [3.05, 3.63) is 71.3 Å². The zero-order valence-electron chi connectivity index (χ0n) is 17.8. The van der Waals surface area contributed by atoms with E-state index in [4.69, 9.17) is 9.47 Å². The number of rotatable bonds is 9. The Hall–Kier alpha value is -3.34. The Morgan fingerprint density at radius 1 is 1.10 bits per heavy atom. The van der Waals surface area contributed by atoms with E-state index in [1.54, 1.807) is 13.3 Å². The number of hydrazone groups is 1. The highest BCUT2D eigenvalue weighted by Crippen LogP contribution is 2.27. The number of hydrogen-bond acceptors (Lipinski definition) is 4. The lowest BCUT2D eigenvalue weighted by Crippen LogP contribution is -2.17. The average molecular weight is 405 g/mol. The predicted octanol–water partition coefficient (Wildman–Crippen LogP) is 5.03. The van der Waals surface area contributed by atoms with Gasteiger partial charge in [0.25, 0.3) is 0 Å². The van der Waals surface area contributed by atoms with Crippen LogP contribution in [0.3, 0.4) is 0 Å². The molecule has 5 nitrogen and oxygen atoms in total. The number of fused-ring (bicyclic) bond motifs is 1. The zero-order valence-corrected chi connectivity index (χ0v) is 17.8. The van der Waals surface area contributed by atoms with Crippen molar-refractivity contribution in [3.8, 4) is 11.5 Å². The lowest BCUT2D eigenvalue weighted by molar-refractivity contribution is -0.121. The van der Waals surface area contributed by atoms with Crippen molar-refractivity contribution in [2.75, 3.05) is 13.7 Å². The number of nitrogens with one attached hydrogen (secondary N) is 1. The third-order valence-corrected chi connectivity index (χ3v) is 5.01. The molecule has 0 aromatic heterocycles. The van der Waals surface area contributed by atoms with Gasteiger partial charge in [0.15, 0.2) is 0 Å². The third kappa shape index (κ3) is 5.38. The van der Waals surface area contributed by atoms with Crippen LogP contribution in [0.1, 0.15) is 36.5 Å². The van der Waals surface area contributed by atoms with Crippen LogP contribution in [-0.2, 0) is 11.2 Å². The molecule has 1 amide bonds. The topological polar surface area (TPSA) is 59.9 Å². The third-order valence-electron chi connectivity index (χ3n) is 5.01. The summed E-state index contributed by atoms with van der Waals surface area (Å²) in [6, 6.07) is 17.9. The molecule has 3 rings (SSSR count). The maximum Gasteiger partial charge on any atom is 0.240 e. The quantitative estimate of drug-likeness (QED) is 0.402. The van der Waals surface area contributed by atoms with Crippen LogP contribution in [0.4, 0.5) is 0 Å². The summed E-state index contributed by atoms with van der Waals surface area (Å²) in [6.45, 7) is 4.64. The minimum atomic E-state index is -0.0901. The van der Waals surface area contributed by atoms with Gasteiger partial charge < -0.3 is 9.47 Å². The molecule has 30 heavy (non-hydrogen) atoms. The van der Waals surface area contributed by atoms with E-state index in [0.29, 0.717) is 13.0 Å². The van der Waals surface area contributed by atoms with Crippen molar-refractivity contribution in [1.29, 1.82) is 0 Å². The van der Waals surface area contributed by atoms with Gasteiger partial charge in [0, 0.05) is 17.4 Å². The molecule has 1 N–H and O–H groups in total. The number of nitrogens with zero attached hydrogens (tertiary/aromatic N) is 1. The fourth-order valence-electron chi connectivity index (χ4n) is 3.43. The molecule has 0 heterocycles. The van der Waals surface area contributed by atoms with E-state index >= 15 is 0 Å². The molecule has 0 aliphatic rings. The predicted molar refractivity (Wildman–Crippen MR) is 122 cm³/mol. The summed E-state index contributed by atoms with van der Waals surface area (Å²) in [5.74, 6) is 1.61. The summed E-state index contributed by atoms with van der Waals surface area (Å²) in [5, 5.41) is 6.22. The van der Waals surface area contributed by atoms with Crippen molar-refractivity contribution >= 4 is 22.9 Å². The van der Waals surface area contributed by atoms with Crippen LogP contribution in [0.25, 0.3) is 10.8 Å². The van der Waals surface area contributed by atoms with E-state index in [1.807, 2.05) is 55.5 Å². The summed E-state index contributed by atoms with van der Waals surface area (Å²) in [7, 11) is 1.66. The number of benzene rings is 3. The molecule has 0 radical (unpaired) electrons. The van der Waals surface area contributed by atoms with Crippen LogP contribution < -0.4 is 14.9 Å². The highest BCUT2D eigenvalue weighted by Gasteiger charge is 2.06. The zero-order chi connectivity index (χ0) is 21.3. The molecule has 0 saturated carbocycles. The van der Waals surface area contributed by atoms with Gasteiger partial charge in [-0.1, -0.05) is 30.3 Å². The van der Waals surface area contributed by atoms with E-state index in [2.05, 4.69) is 23.5 Å². The van der Waals surface area contributed by atoms with Crippen LogP contribution in [0.5, 0.6) is 11.5 Å². The summed E-state index contributed by atoms with van der Waals surface area (Å²) >= 11 is 0. The molecular weight excluding hydrogens is 376 g/mol. The molecular formula is C25H28N2O3. The van der Waals surface area contributed by atoms with Crippen molar-refractivity contribution < 1.29 is 14.3 Å². The Morgan fingerprint density at radius 2 is 1.90 bits per heavy atom. The molecule has 0 aliphatic carbocycles. The van der Waals surface area contributed by atoms with Gasteiger partial charge in [-0.2, -0.15) is 5.10 Å². The van der Waals surface area contributed by atoms with Crippen LogP contribution in [0.15, 0.2) is 59.7 Å². The highest BCUT2D eigenvalue weighted by atomic mass is 16.5. The normalized spacial score (nSPS) is 11.0. The minimum absolute atomic E-state index is 0.0901. The van der Waals surface area contributed by atoms with Crippen molar-refractivity contribution in [1.82, 2.24) is 5.43 Å². The first-order valence-corrected chi connectivity index (χ1v) is 10.2. The number of carbonyl (C=O) groups excluding carboxylic acids is 1. The van der Waals surface area contributed by atoms with E-state index in [-0.39, 0.29) is 5.91 Å². The summed E-state index contributed by atoms with van der Waals surface area (Å²) in [4.78, 5) is 12.1. The number of methoxy groups -OCH3 is 1. The fourth-order valence-corrected chi connectivity index (χ4v) is 3.43. The van der Waals surface area contributed by atoms with E-state index < -0.39 is 0 Å². The van der Waals surface area contributed by atoms with Crippen molar-refractivity contribution in [3.63, 3.8) is 0 Å². The fraction of sp³-hybridized carbons (Fsp3) is 0.280. The molecule has 0 bridgehead atoms. The molecule has 156 valence electrons. The van der Waals surface area contributed by atoms with Gasteiger partial charge in [-0.3, -0.25) is 4.79 Å². The first kappa shape index (κ1) is 21.4. The monoisotopic (exact) mass is 404 g/mol. The van der Waals surface area contributed by atoms with Gasteiger partial charge in [0.1, 0.15) is 11.5 Å². The van der Waals surface area contributed by atoms with Crippen LogP contribution in [0.2, 0.25) is 0 Å². The molecule has 3 aromatic rings. The maximum absolute atomic E-state index is 12.1. The second-order valence-electron chi connectivity index (χ2n) is 7.07. The number of carbonyl (C=O) groups is 1. The molecule has 5 heteroatoms. The summed E-state index contributed by atoms with van der Waals surface area (Å²) in [6.07, 6.45) is 3.72. The lowest BCUT2D eigenvalue weighted by Gasteiger charge is -2.09. The van der Waals surface area contributed by atoms with Gasteiger partial charge in [-0.05, 0) is 67.5 Å². The first-order valence-electron chi connectivity index (χ1n) is 10.2. The number of amides is 1. The maximum atomic E-state index is 12.1. The molecule has 0 saturated heterocycles. The Labute approximate surface area is 177 Å². The Balaban J connectivity index is 1.55. The first-order chi connectivity index (χ1) is 14.6. The average Bonchev–Trinajstić information content (AvgIpc) is 2.76. The van der Waals surface area contributed by atoms with Crippen LogP contribution in [-0.4, -0.2) is 25.8 Å². The number of hydrogen-bond donors (Lipinski definition) is 1. The minimum Gasteiger partial charge on any atom is -0.497 e. The summed E-state index contributed by atoms with van der Waals surface area (Å²) in [5.41, 5.74) is 5.97. The summed E-state index contributed by atoms with van der Waals surface area (Å²) < 4.78 is 10.9.